The molecule has 0 saturated carbocycles. The van der Waals surface area contributed by atoms with Gasteiger partial charge in [0.25, 0.3) is 10.0 Å². The van der Waals surface area contributed by atoms with Crippen LogP contribution in [0.3, 0.4) is 0 Å². The van der Waals surface area contributed by atoms with Crippen molar-refractivity contribution < 1.29 is 17.9 Å². The van der Waals surface area contributed by atoms with E-state index in [1.807, 2.05) is 54.6 Å². The molecule has 0 fully saturated rings. The Labute approximate surface area is 187 Å². The number of methoxy groups -OCH3 is 1. The summed E-state index contributed by atoms with van der Waals surface area (Å²) >= 11 is 0. The largest absolute Gasteiger partial charge is 0.493 e. The summed E-state index contributed by atoms with van der Waals surface area (Å²) in [5.74, 6) is 1.12. The number of fused-ring (bicyclic) bond motifs is 1. The molecule has 0 radical (unpaired) electrons. The maximum Gasteiger partial charge on any atom is 0.276 e. The molecule has 0 aromatic heterocycles. The van der Waals surface area contributed by atoms with Crippen LogP contribution in [0.1, 0.15) is 11.1 Å². The molecule has 0 bridgehead atoms. The van der Waals surface area contributed by atoms with Gasteiger partial charge in [0.1, 0.15) is 6.61 Å². The average Bonchev–Trinajstić information content (AvgIpc) is 2.83. The highest BCUT2D eigenvalue weighted by atomic mass is 32.2. The number of hydrazone groups is 1. The monoisotopic (exact) mass is 446 g/mol. The number of nitrogens with one attached hydrogen (secondary N) is 1. The van der Waals surface area contributed by atoms with Crippen molar-refractivity contribution in [3.8, 4) is 11.5 Å². The van der Waals surface area contributed by atoms with Crippen molar-refractivity contribution in [2.75, 3.05) is 7.11 Å². The van der Waals surface area contributed by atoms with E-state index < -0.39 is 10.0 Å². The number of nitrogens with zero attached hydrogens (tertiary/aromatic N) is 1. The van der Waals surface area contributed by atoms with Crippen molar-refractivity contribution >= 4 is 27.0 Å². The van der Waals surface area contributed by atoms with Crippen LogP contribution in [0.15, 0.2) is 101 Å². The second-order valence-electron chi connectivity index (χ2n) is 7.05. The lowest BCUT2D eigenvalue weighted by Crippen LogP contribution is -2.18. The fraction of sp³-hybridized carbons (Fsp3) is 0.0800. The molecule has 0 amide bonds. The number of benzene rings is 4. The first kappa shape index (κ1) is 21.4. The number of rotatable bonds is 8. The van der Waals surface area contributed by atoms with Crippen LogP contribution in [0.25, 0.3) is 10.8 Å². The Hall–Kier alpha value is -3.84. The lowest BCUT2D eigenvalue weighted by Gasteiger charge is -2.11. The highest BCUT2D eigenvalue weighted by Gasteiger charge is 2.13. The van der Waals surface area contributed by atoms with Gasteiger partial charge in [-0.1, -0.05) is 60.7 Å². The molecular weight excluding hydrogens is 424 g/mol. The van der Waals surface area contributed by atoms with E-state index in [1.165, 1.54) is 6.21 Å². The van der Waals surface area contributed by atoms with Crippen molar-refractivity contribution in [1.29, 1.82) is 0 Å². The molecule has 0 aliphatic rings. The number of sulfonamides is 1. The van der Waals surface area contributed by atoms with Gasteiger partial charge in [0.2, 0.25) is 0 Å². The van der Waals surface area contributed by atoms with E-state index in [4.69, 9.17) is 9.47 Å². The smallest absolute Gasteiger partial charge is 0.276 e. The molecule has 0 atom stereocenters. The summed E-state index contributed by atoms with van der Waals surface area (Å²) in [6.07, 6.45) is 1.42. The second-order valence-corrected chi connectivity index (χ2v) is 8.71. The van der Waals surface area contributed by atoms with Gasteiger partial charge >= 0.3 is 0 Å². The van der Waals surface area contributed by atoms with Crippen LogP contribution in [0.4, 0.5) is 0 Å². The van der Waals surface area contributed by atoms with Crippen LogP contribution in [0, 0.1) is 0 Å². The Bertz CT molecular complexity index is 1350. The Kier molecular flexibility index (Phi) is 6.37. The second kappa shape index (κ2) is 9.53. The predicted molar refractivity (Wildman–Crippen MR) is 126 cm³/mol. The lowest BCUT2D eigenvalue weighted by atomic mass is 10.1. The molecule has 7 heteroatoms. The van der Waals surface area contributed by atoms with Gasteiger partial charge in [0, 0.05) is 0 Å². The van der Waals surface area contributed by atoms with Gasteiger partial charge < -0.3 is 9.47 Å². The van der Waals surface area contributed by atoms with Gasteiger partial charge in [-0.05, 0) is 52.2 Å². The third-order valence-corrected chi connectivity index (χ3v) is 6.06. The molecule has 0 spiro atoms. The zero-order valence-electron chi connectivity index (χ0n) is 17.4. The van der Waals surface area contributed by atoms with Gasteiger partial charge in [-0.2, -0.15) is 13.5 Å². The summed E-state index contributed by atoms with van der Waals surface area (Å²) in [5.41, 5.74) is 1.69. The Morgan fingerprint density at radius 2 is 1.59 bits per heavy atom. The predicted octanol–water partition coefficient (Wildman–Crippen LogP) is 4.74. The van der Waals surface area contributed by atoms with Gasteiger partial charge in [-0.25, -0.2) is 4.83 Å². The van der Waals surface area contributed by atoms with E-state index in [0.717, 1.165) is 16.3 Å². The average molecular weight is 447 g/mol. The summed E-state index contributed by atoms with van der Waals surface area (Å²) < 4.78 is 36.5. The van der Waals surface area contributed by atoms with Gasteiger partial charge in [-0.3, -0.25) is 0 Å². The zero-order valence-corrected chi connectivity index (χ0v) is 18.2. The molecule has 0 aliphatic carbocycles. The summed E-state index contributed by atoms with van der Waals surface area (Å²) in [6, 6.07) is 27.6. The summed E-state index contributed by atoms with van der Waals surface area (Å²) in [7, 11) is -2.23. The van der Waals surface area contributed by atoms with Gasteiger partial charge in [-0.15, -0.1) is 0 Å². The highest BCUT2D eigenvalue weighted by molar-refractivity contribution is 7.89. The molecule has 0 aliphatic heterocycles. The van der Waals surface area contributed by atoms with E-state index in [2.05, 4.69) is 9.93 Å². The van der Waals surface area contributed by atoms with E-state index in [9.17, 15) is 8.42 Å². The highest BCUT2D eigenvalue weighted by Crippen LogP contribution is 2.28. The molecule has 0 saturated heterocycles. The molecule has 162 valence electrons. The van der Waals surface area contributed by atoms with E-state index >= 15 is 0 Å². The van der Waals surface area contributed by atoms with Crippen molar-refractivity contribution in [2.24, 2.45) is 5.10 Å². The van der Waals surface area contributed by atoms with Crippen LogP contribution in [0.2, 0.25) is 0 Å². The van der Waals surface area contributed by atoms with Crippen molar-refractivity contribution in [2.45, 2.75) is 11.5 Å². The first-order valence-corrected chi connectivity index (χ1v) is 11.4. The minimum Gasteiger partial charge on any atom is -0.493 e. The van der Waals surface area contributed by atoms with Crippen molar-refractivity contribution in [1.82, 2.24) is 4.83 Å². The number of hydrogen-bond acceptors (Lipinski definition) is 5. The molecule has 0 unspecified atom stereocenters. The Balaban J connectivity index is 1.48. The first-order valence-electron chi connectivity index (χ1n) is 9.93. The van der Waals surface area contributed by atoms with Crippen LogP contribution in [-0.4, -0.2) is 21.7 Å². The number of hydrogen-bond donors (Lipinski definition) is 1. The van der Waals surface area contributed by atoms with E-state index in [1.54, 1.807) is 43.5 Å². The standard InChI is InChI=1S/C25H22N2O4S/c1-30-24-14-11-20(15-25(24)31-18-19-7-3-2-4-8-19)17-26-27-32(28,29)23-13-12-21-9-5-6-10-22(21)16-23/h2-17,27H,18H2,1H3. The fourth-order valence-electron chi connectivity index (χ4n) is 3.18. The Morgan fingerprint density at radius 3 is 2.38 bits per heavy atom. The molecule has 4 aromatic rings. The van der Waals surface area contributed by atoms with E-state index in [0.29, 0.717) is 23.7 Å². The third-order valence-electron chi connectivity index (χ3n) is 4.84. The van der Waals surface area contributed by atoms with Crippen molar-refractivity contribution in [3.05, 3.63) is 102 Å². The van der Waals surface area contributed by atoms with Crippen LogP contribution in [0.5, 0.6) is 11.5 Å². The first-order chi connectivity index (χ1) is 15.5. The van der Waals surface area contributed by atoms with Crippen LogP contribution >= 0.6 is 0 Å². The maximum atomic E-state index is 12.6. The topological polar surface area (TPSA) is 77.0 Å². The van der Waals surface area contributed by atoms with Gasteiger partial charge in [0.05, 0.1) is 18.2 Å². The van der Waals surface area contributed by atoms with Crippen LogP contribution < -0.4 is 14.3 Å². The molecule has 1 N–H and O–H groups in total. The third kappa shape index (κ3) is 5.07. The maximum absolute atomic E-state index is 12.6. The Morgan fingerprint density at radius 1 is 0.844 bits per heavy atom. The molecule has 6 nitrogen and oxygen atoms in total. The fourth-order valence-corrected chi connectivity index (χ4v) is 4.01. The van der Waals surface area contributed by atoms with Crippen LogP contribution in [-0.2, 0) is 16.6 Å². The summed E-state index contributed by atoms with van der Waals surface area (Å²) in [4.78, 5) is 2.41. The quantitative estimate of drug-likeness (QED) is 0.313. The SMILES string of the molecule is COc1ccc(C=NNS(=O)(=O)c2ccc3ccccc3c2)cc1OCc1ccccc1. The van der Waals surface area contributed by atoms with Crippen molar-refractivity contribution in [3.63, 3.8) is 0 Å². The molecule has 32 heavy (non-hydrogen) atoms. The lowest BCUT2D eigenvalue weighted by molar-refractivity contribution is 0.284. The molecule has 4 rings (SSSR count). The molecular formula is C25H22N2O4S. The molecule has 0 heterocycles. The summed E-state index contributed by atoms with van der Waals surface area (Å²) in [6.45, 7) is 0.381. The van der Waals surface area contributed by atoms with E-state index in [-0.39, 0.29) is 4.90 Å². The molecule has 4 aromatic carbocycles. The normalized spacial score (nSPS) is 11.5. The summed E-state index contributed by atoms with van der Waals surface area (Å²) in [5, 5.41) is 5.74. The zero-order chi connectivity index (χ0) is 22.4. The van der Waals surface area contributed by atoms with Gasteiger partial charge in [0.15, 0.2) is 11.5 Å². The number of ether oxygens (including phenoxy) is 2. The minimum atomic E-state index is -3.79. The minimum absolute atomic E-state index is 0.148.